The van der Waals surface area contributed by atoms with Gasteiger partial charge in [0.15, 0.2) is 0 Å². The summed E-state index contributed by atoms with van der Waals surface area (Å²) in [5.74, 6) is 0.854. The van der Waals surface area contributed by atoms with Crippen LogP contribution in [-0.4, -0.2) is 20.0 Å². The van der Waals surface area contributed by atoms with Crippen LogP contribution in [-0.2, 0) is 0 Å². The Morgan fingerprint density at radius 2 is 1.14 bits per heavy atom. The van der Waals surface area contributed by atoms with E-state index in [1.807, 2.05) is 24.4 Å². The summed E-state index contributed by atoms with van der Waals surface area (Å²) in [6.45, 7) is 0. The van der Waals surface area contributed by atoms with Crippen molar-refractivity contribution >= 4 is 55.3 Å². The normalized spacial score (nSPS) is 14.2. The van der Waals surface area contributed by atoms with Gasteiger partial charge in [0, 0.05) is 50.2 Å². The maximum Gasteiger partial charge on any atom is 0.145 e. The molecule has 1 aliphatic heterocycles. The number of amidine groups is 1. The molecule has 0 aliphatic carbocycles. The summed E-state index contributed by atoms with van der Waals surface area (Å²) in [5.41, 5.74) is 13.2. The predicted octanol–water partition coefficient (Wildman–Crippen LogP) is 12.1. The van der Waals surface area contributed by atoms with E-state index in [0.29, 0.717) is 0 Å². The minimum Gasteiger partial charge on any atom is -0.359 e. The van der Waals surface area contributed by atoms with Crippen molar-refractivity contribution in [2.45, 2.75) is 6.04 Å². The number of nitrogens with one attached hydrogen (secondary N) is 1. The van der Waals surface area contributed by atoms with Gasteiger partial charge < -0.3 is 9.88 Å². The lowest BCUT2D eigenvalue weighted by atomic mass is 9.99. The number of hydrogen-bond acceptors (Lipinski definition) is 3. The Kier molecular flexibility index (Phi) is 7.49. The number of pyridine rings is 1. The SMILES string of the molecule is C1=C(c2ccccc2)N=C(c2ccccc2)NC1c1cccc(-n2c3cc(-c4cccc5c6ccccc6n(-c6ccccc6)c45)ccc3c3cccnc32)c1. The van der Waals surface area contributed by atoms with Crippen LogP contribution < -0.4 is 5.32 Å². The quantitative estimate of drug-likeness (QED) is 0.186. The van der Waals surface area contributed by atoms with Gasteiger partial charge in [-0.15, -0.1) is 0 Å². The Bertz CT molecular complexity index is 3150. The largest absolute Gasteiger partial charge is 0.359 e. The smallest absolute Gasteiger partial charge is 0.145 e. The molecule has 4 heterocycles. The third kappa shape index (κ3) is 5.24. The van der Waals surface area contributed by atoms with Gasteiger partial charge in [0.1, 0.15) is 11.5 Å². The van der Waals surface area contributed by atoms with Crippen molar-refractivity contribution in [3.05, 3.63) is 217 Å². The molecule has 1 atom stereocenters. The van der Waals surface area contributed by atoms with Crippen molar-refractivity contribution in [3.63, 3.8) is 0 Å². The summed E-state index contributed by atoms with van der Waals surface area (Å²) in [7, 11) is 0. The Balaban J connectivity index is 1.09. The highest BCUT2D eigenvalue weighted by atomic mass is 15.1. The zero-order valence-corrected chi connectivity index (χ0v) is 30.4. The molecule has 5 nitrogen and oxygen atoms in total. The molecule has 1 N–H and O–H groups in total. The first kappa shape index (κ1) is 32.0. The Morgan fingerprint density at radius 3 is 1.98 bits per heavy atom. The molecule has 3 aromatic heterocycles. The van der Waals surface area contributed by atoms with Crippen LogP contribution in [0, 0.1) is 0 Å². The molecule has 264 valence electrons. The van der Waals surface area contributed by atoms with Crippen LogP contribution in [0.3, 0.4) is 0 Å². The van der Waals surface area contributed by atoms with Crippen LogP contribution in [0.2, 0.25) is 0 Å². The van der Waals surface area contributed by atoms with Crippen LogP contribution in [0.5, 0.6) is 0 Å². The topological polar surface area (TPSA) is 47.1 Å². The summed E-state index contributed by atoms with van der Waals surface area (Å²) in [6.07, 6.45) is 4.12. The van der Waals surface area contributed by atoms with E-state index in [0.717, 1.165) is 61.7 Å². The van der Waals surface area contributed by atoms with E-state index in [1.165, 1.54) is 32.8 Å². The van der Waals surface area contributed by atoms with Gasteiger partial charge in [-0.3, -0.25) is 4.57 Å². The van der Waals surface area contributed by atoms with Gasteiger partial charge in [-0.2, -0.15) is 0 Å². The fourth-order valence-corrected chi connectivity index (χ4v) is 8.46. The molecule has 0 saturated heterocycles. The Hall–Kier alpha value is -7.50. The number of aromatic nitrogens is 3. The second-order valence-electron chi connectivity index (χ2n) is 14.3. The molecule has 1 unspecified atom stereocenters. The average Bonchev–Trinajstić information content (AvgIpc) is 3.80. The van der Waals surface area contributed by atoms with Crippen LogP contribution in [0.15, 0.2) is 205 Å². The van der Waals surface area contributed by atoms with Gasteiger partial charge in [-0.25, -0.2) is 9.98 Å². The first-order valence-electron chi connectivity index (χ1n) is 19.0. The molecule has 1 aliphatic rings. The molecule has 7 aromatic carbocycles. The van der Waals surface area contributed by atoms with Gasteiger partial charge in [-0.1, -0.05) is 140 Å². The Morgan fingerprint density at radius 1 is 0.464 bits per heavy atom. The highest BCUT2D eigenvalue weighted by Gasteiger charge is 2.22. The van der Waals surface area contributed by atoms with Crippen LogP contribution >= 0.6 is 0 Å². The second-order valence-corrected chi connectivity index (χ2v) is 14.3. The lowest BCUT2D eigenvalue weighted by molar-refractivity contribution is 0.779. The van der Waals surface area contributed by atoms with E-state index in [9.17, 15) is 0 Å². The van der Waals surface area contributed by atoms with Crippen LogP contribution in [0.25, 0.3) is 71.9 Å². The van der Waals surface area contributed by atoms with Crippen molar-refractivity contribution in [2.24, 2.45) is 4.99 Å². The number of para-hydroxylation sites is 3. The fraction of sp³-hybridized carbons (Fsp3) is 0.0196. The summed E-state index contributed by atoms with van der Waals surface area (Å²) >= 11 is 0. The summed E-state index contributed by atoms with van der Waals surface area (Å²) in [4.78, 5) is 10.1. The van der Waals surface area contributed by atoms with Crippen molar-refractivity contribution < 1.29 is 0 Å². The average molecular weight is 718 g/mol. The molecule has 0 spiro atoms. The zero-order valence-electron chi connectivity index (χ0n) is 30.4. The van der Waals surface area contributed by atoms with Gasteiger partial charge in [0.25, 0.3) is 0 Å². The molecule has 0 amide bonds. The lowest BCUT2D eigenvalue weighted by Crippen LogP contribution is -2.31. The van der Waals surface area contributed by atoms with Crippen molar-refractivity contribution in [1.82, 2.24) is 19.4 Å². The Labute approximate surface area is 324 Å². The maximum absolute atomic E-state index is 5.10. The third-order valence-electron chi connectivity index (χ3n) is 11.0. The summed E-state index contributed by atoms with van der Waals surface area (Å²) < 4.78 is 4.73. The van der Waals surface area contributed by atoms with Gasteiger partial charge in [-0.05, 0) is 71.3 Å². The predicted molar refractivity (Wildman–Crippen MR) is 232 cm³/mol. The summed E-state index contributed by atoms with van der Waals surface area (Å²) in [5, 5.41) is 8.52. The van der Waals surface area contributed by atoms with Crippen molar-refractivity contribution in [3.8, 4) is 22.5 Å². The van der Waals surface area contributed by atoms with E-state index in [2.05, 4.69) is 190 Å². The number of aliphatic imine (C=N–C) groups is 1. The number of benzene rings is 7. The minimum atomic E-state index is -0.105. The maximum atomic E-state index is 5.10. The van der Waals surface area contributed by atoms with E-state index in [1.54, 1.807) is 0 Å². The molecule has 5 heteroatoms. The lowest BCUT2D eigenvalue weighted by Gasteiger charge is -2.25. The first-order chi connectivity index (χ1) is 27.8. The summed E-state index contributed by atoms with van der Waals surface area (Å²) in [6, 6.07) is 66.7. The first-order valence-corrected chi connectivity index (χ1v) is 19.0. The van der Waals surface area contributed by atoms with Gasteiger partial charge >= 0.3 is 0 Å². The van der Waals surface area contributed by atoms with E-state index in [-0.39, 0.29) is 6.04 Å². The molecule has 10 aromatic rings. The molecule has 0 radical (unpaired) electrons. The number of nitrogens with zero attached hydrogens (tertiary/aromatic N) is 4. The highest BCUT2D eigenvalue weighted by molar-refractivity contribution is 6.15. The van der Waals surface area contributed by atoms with E-state index < -0.39 is 0 Å². The number of hydrogen-bond donors (Lipinski definition) is 1. The molecular formula is C51H35N5. The third-order valence-corrected chi connectivity index (χ3v) is 11.0. The molecular weight excluding hydrogens is 683 g/mol. The number of rotatable bonds is 6. The highest BCUT2D eigenvalue weighted by Crippen LogP contribution is 2.40. The molecule has 56 heavy (non-hydrogen) atoms. The molecule has 0 bridgehead atoms. The van der Waals surface area contributed by atoms with Crippen molar-refractivity contribution in [2.75, 3.05) is 0 Å². The minimum absolute atomic E-state index is 0.105. The zero-order chi connectivity index (χ0) is 37.0. The fourth-order valence-electron chi connectivity index (χ4n) is 8.46. The van der Waals surface area contributed by atoms with Gasteiger partial charge in [0.05, 0.1) is 28.3 Å². The molecule has 11 rings (SSSR count). The van der Waals surface area contributed by atoms with Gasteiger partial charge in [0.2, 0.25) is 0 Å². The van der Waals surface area contributed by atoms with Crippen LogP contribution in [0.4, 0.5) is 0 Å². The van der Waals surface area contributed by atoms with E-state index in [4.69, 9.17) is 9.98 Å². The van der Waals surface area contributed by atoms with Crippen LogP contribution in [0.1, 0.15) is 22.7 Å². The monoisotopic (exact) mass is 717 g/mol. The molecule has 0 fully saturated rings. The second kappa shape index (κ2) is 13.1. The van der Waals surface area contributed by atoms with Crippen molar-refractivity contribution in [1.29, 1.82) is 0 Å². The molecule has 0 saturated carbocycles. The number of fused-ring (bicyclic) bond motifs is 6. The standard InChI is InChI=1S/C51H35N5/c1-4-15-34(16-5-1)45-33-46(54-50(53-45)35-17-6-2-7-18-35)37-19-12-22-39(31-37)56-48-32-36(28-29-42(48)44-26-14-30-52-51(44)56)40-24-13-25-43-41-23-10-11-27-47(41)55(49(40)43)38-20-8-3-9-21-38/h1-33,46H,(H,53,54). The van der Waals surface area contributed by atoms with E-state index >= 15 is 0 Å².